The van der Waals surface area contributed by atoms with Crippen molar-refractivity contribution in [3.63, 3.8) is 0 Å². The van der Waals surface area contributed by atoms with Crippen LogP contribution in [-0.2, 0) is 11.2 Å². The molecule has 0 aliphatic rings. The summed E-state index contributed by atoms with van der Waals surface area (Å²) in [5.41, 5.74) is 2.32. The van der Waals surface area contributed by atoms with E-state index >= 15 is 0 Å². The lowest BCUT2D eigenvalue weighted by molar-refractivity contribution is 0.0601. The van der Waals surface area contributed by atoms with E-state index in [1.54, 1.807) is 12.1 Å². The number of ether oxygens (including phenoxy) is 1. The number of aromatic amines is 1. The predicted molar refractivity (Wildman–Crippen MR) is 66.0 cm³/mol. The fourth-order valence-electron chi connectivity index (χ4n) is 1.77. The first-order valence-electron chi connectivity index (χ1n) is 5.81. The maximum Gasteiger partial charge on any atom is 0.337 e. The van der Waals surface area contributed by atoms with Crippen molar-refractivity contribution in [2.24, 2.45) is 0 Å². The number of nitrogens with one attached hydrogen (secondary N) is 1. The number of fused-ring (bicyclic) bond motifs is 1. The van der Waals surface area contributed by atoms with Gasteiger partial charge >= 0.3 is 5.97 Å². The smallest absolute Gasteiger partial charge is 0.337 e. The van der Waals surface area contributed by atoms with Crippen LogP contribution >= 0.6 is 0 Å². The molecule has 0 saturated heterocycles. The van der Waals surface area contributed by atoms with Gasteiger partial charge in [-0.1, -0.05) is 13.3 Å². The number of unbranched alkanes of at least 4 members (excludes halogenated alkanes) is 1. The van der Waals surface area contributed by atoms with E-state index < -0.39 is 0 Å². The second kappa shape index (κ2) is 4.99. The van der Waals surface area contributed by atoms with Crippen LogP contribution in [0.15, 0.2) is 18.2 Å². The van der Waals surface area contributed by atoms with Crippen LogP contribution in [-0.4, -0.2) is 23.0 Å². The van der Waals surface area contributed by atoms with Gasteiger partial charge in [-0.3, -0.25) is 0 Å². The van der Waals surface area contributed by atoms with Gasteiger partial charge < -0.3 is 9.72 Å². The van der Waals surface area contributed by atoms with Crippen molar-refractivity contribution in [2.75, 3.05) is 7.11 Å². The fraction of sp³-hybridized carbons (Fsp3) is 0.385. The number of aryl methyl sites for hydroxylation is 1. The Hall–Kier alpha value is -1.84. The Morgan fingerprint density at radius 2 is 2.29 bits per heavy atom. The maximum absolute atomic E-state index is 11.4. The largest absolute Gasteiger partial charge is 0.465 e. The molecule has 4 heteroatoms. The Morgan fingerprint density at radius 1 is 1.47 bits per heavy atom. The molecule has 0 aliphatic heterocycles. The third-order valence-electron chi connectivity index (χ3n) is 2.72. The first-order chi connectivity index (χ1) is 8.24. The molecule has 1 aromatic carbocycles. The Balaban J connectivity index is 2.31. The molecule has 0 aliphatic carbocycles. The van der Waals surface area contributed by atoms with Gasteiger partial charge in [-0.15, -0.1) is 0 Å². The number of aromatic nitrogens is 2. The molecular weight excluding hydrogens is 216 g/mol. The van der Waals surface area contributed by atoms with Crippen molar-refractivity contribution < 1.29 is 9.53 Å². The average molecular weight is 232 g/mol. The van der Waals surface area contributed by atoms with Crippen LogP contribution in [0.2, 0.25) is 0 Å². The van der Waals surface area contributed by atoms with Crippen LogP contribution in [0.3, 0.4) is 0 Å². The number of rotatable bonds is 4. The summed E-state index contributed by atoms with van der Waals surface area (Å²) in [6, 6.07) is 5.37. The highest BCUT2D eigenvalue weighted by Gasteiger charge is 2.08. The van der Waals surface area contributed by atoms with E-state index in [4.69, 9.17) is 0 Å². The highest BCUT2D eigenvalue weighted by Crippen LogP contribution is 2.15. The van der Waals surface area contributed by atoms with Gasteiger partial charge in [-0.05, 0) is 24.6 Å². The summed E-state index contributed by atoms with van der Waals surface area (Å²) < 4.78 is 4.68. The van der Waals surface area contributed by atoms with Gasteiger partial charge in [-0.2, -0.15) is 0 Å². The van der Waals surface area contributed by atoms with E-state index in [9.17, 15) is 4.79 Å². The monoisotopic (exact) mass is 232 g/mol. The van der Waals surface area contributed by atoms with E-state index in [0.29, 0.717) is 5.56 Å². The molecule has 1 N–H and O–H groups in total. The number of benzene rings is 1. The standard InChI is InChI=1S/C13H16N2O2/c1-3-4-5-12-14-10-7-6-9(13(16)17-2)8-11(10)15-12/h6-8H,3-5H2,1-2H3,(H,14,15). The molecule has 2 rings (SSSR count). The molecule has 2 aromatic rings. The summed E-state index contributed by atoms with van der Waals surface area (Å²) in [7, 11) is 1.38. The van der Waals surface area contributed by atoms with Crippen LogP contribution in [0.4, 0.5) is 0 Å². The van der Waals surface area contributed by atoms with Gasteiger partial charge in [0.05, 0.1) is 23.7 Å². The number of hydrogen-bond acceptors (Lipinski definition) is 3. The van der Waals surface area contributed by atoms with Crippen molar-refractivity contribution in [1.29, 1.82) is 0 Å². The number of methoxy groups -OCH3 is 1. The van der Waals surface area contributed by atoms with Gasteiger partial charge in [-0.25, -0.2) is 9.78 Å². The van der Waals surface area contributed by atoms with Gasteiger partial charge in [0.15, 0.2) is 0 Å². The maximum atomic E-state index is 11.4. The van der Waals surface area contributed by atoms with E-state index in [1.165, 1.54) is 7.11 Å². The normalized spacial score (nSPS) is 10.7. The predicted octanol–water partition coefficient (Wildman–Crippen LogP) is 2.69. The number of imidazole rings is 1. The Labute approximate surface area is 100 Å². The van der Waals surface area contributed by atoms with Gasteiger partial charge in [0.1, 0.15) is 5.82 Å². The highest BCUT2D eigenvalue weighted by molar-refractivity contribution is 5.93. The molecule has 4 nitrogen and oxygen atoms in total. The minimum atomic E-state index is -0.329. The molecule has 17 heavy (non-hydrogen) atoms. The van der Waals surface area contributed by atoms with Gasteiger partial charge in [0.25, 0.3) is 0 Å². The molecule has 0 bridgehead atoms. The zero-order chi connectivity index (χ0) is 12.3. The Bertz CT molecular complexity index is 531. The quantitative estimate of drug-likeness (QED) is 0.824. The Morgan fingerprint density at radius 3 is 3.00 bits per heavy atom. The lowest BCUT2D eigenvalue weighted by Gasteiger charge is -1.97. The molecule has 0 unspecified atom stereocenters. The third-order valence-corrected chi connectivity index (χ3v) is 2.72. The summed E-state index contributed by atoms with van der Waals surface area (Å²) in [6.07, 6.45) is 3.20. The second-order valence-corrected chi connectivity index (χ2v) is 4.01. The first-order valence-corrected chi connectivity index (χ1v) is 5.81. The molecule has 1 aromatic heterocycles. The lowest BCUT2D eigenvalue weighted by atomic mass is 10.2. The summed E-state index contributed by atoms with van der Waals surface area (Å²) in [5.74, 6) is 0.647. The van der Waals surface area contributed by atoms with E-state index in [0.717, 1.165) is 36.1 Å². The number of hydrogen-bond donors (Lipinski definition) is 1. The SMILES string of the molecule is CCCCc1nc2cc(C(=O)OC)ccc2[nH]1. The summed E-state index contributed by atoms with van der Waals surface area (Å²) in [4.78, 5) is 19.1. The summed E-state index contributed by atoms with van der Waals surface area (Å²) >= 11 is 0. The lowest BCUT2D eigenvalue weighted by Crippen LogP contribution is -2.00. The molecule has 90 valence electrons. The molecule has 0 saturated carbocycles. The highest BCUT2D eigenvalue weighted by atomic mass is 16.5. The van der Waals surface area contributed by atoms with Gasteiger partial charge in [0.2, 0.25) is 0 Å². The first kappa shape index (κ1) is 11.6. The topological polar surface area (TPSA) is 55.0 Å². The molecular formula is C13H16N2O2. The van der Waals surface area contributed by atoms with E-state index in [-0.39, 0.29) is 5.97 Å². The number of esters is 1. The molecule has 1 heterocycles. The van der Waals surface area contributed by atoms with E-state index in [1.807, 2.05) is 6.07 Å². The van der Waals surface area contributed by atoms with E-state index in [2.05, 4.69) is 21.6 Å². The number of H-pyrrole nitrogens is 1. The molecule has 0 radical (unpaired) electrons. The van der Waals surface area contributed by atoms with Crippen molar-refractivity contribution in [3.05, 3.63) is 29.6 Å². The van der Waals surface area contributed by atoms with Crippen LogP contribution < -0.4 is 0 Å². The molecule has 0 fully saturated rings. The molecule has 0 atom stereocenters. The number of carbonyl (C=O) groups is 1. The van der Waals surface area contributed by atoms with Gasteiger partial charge in [0, 0.05) is 6.42 Å². The van der Waals surface area contributed by atoms with Crippen molar-refractivity contribution >= 4 is 17.0 Å². The number of nitrogens with zero attached hydrogens (tertiary/aromatic N) is 1. The zero-order valence-corrected chi connectivity index (χ0v) is 10.1. The average Bonchev–Trinajstić information content (AvgIpc) is 2.76. The second-order valence-electron chi connectivity index (χ2n) is 4.01. The van der Waals surface area contributed by atoms with Crippen LogP contribution in [0.1, 0.15) is 35.9 Å². The van der Waals surface area contributed by atoms with Crippen LogP contribution in [0.25, 0.3) is 11.0 Å². The van der Waals surface area contributed by atoms with Crippen molar-refractivity contribution in [1.82, 2.24) is 9.97 Å². The number of carbonyl (C=O) groups excluding carboxylic acids is 1. The molecule has 0 spiro atoms. The fourth-order valence-corrected chi connectivity index (χ4v) is 1.77. The van der Waals surface area contributed by atoms with Crippen LogP contribution in [0.5, 0.6) is 0 Å². The summed E-state index contributed by atoms with van der Waals surface area (Å²) in [5, 5.41) is 0. The summed E-state index contributed by atoms with van der Waals surface area (Å²) in [6.45, 7) is 2.15. The minimum Gasteiger partial charge on any atom is -0.465 e. The third kappa shape index (κ3) is 2.46. The Kier molecular flexibility index (Phi) is 3.42. The minimum absolute atomic E-state index is 0.329. The van der Waals surface area contributed by atoms with Crippen molar-refractivity contribution in [2.45, 2.75) is 26.2 Å². The molecule has 0 amide bonds. The van der Waals surface area contributed by atoms with Crippen LogP contribution in [0, 0.1) is 0 Å². The zero-order valence-electron chi connectivity index (χ0n) is 10.1. The van der Waals surface area contributed by atoms with Crippen molar-refractivity contribution in [3.8, 4) is 0 Å².